The molecule has 1 fully saturated rings. The lowest BCUT2D eigenvalue weighted by molar-refractivity contribution is 0.0928. The molecule has 1 aliphatic heterocycles. The van der Waals surface area contributed by atoms with Crippen LogP contribution in [-0.4, -0.2) is 38.1 Å². The number of carbonyl (C=O) groups excluding carboxylic acids is 1. The molecule has 1 aliphatic rings. The molecule has 0 aromatic carbocycles. The van der Waals surface area contributed by atoms with Gasteiger partial charge in [-0.3, -0.25) is 19.6 Å². The predicted octanol–water partition coefficient (Wildman–Crippen LogP) is 2.18. The Morgan fingerprint density at radius 3 is 3.07 bits per heavy atom. The number of rotatable bonds is 6. The van der Waals surface area contributed by atoms with Crippen molar-refractivity contribution in [2.24, 2.45) is 0 Å². The standard InChI is InChI=1S/C20H21N5O3S/c1-13-4-7-25(11-15-3-2-8-28-15)20(27)17(13)18(26)23-9-14-12-29-19(24-14)16-10-21-5-6-22-16/h4-7,10,12,15H,2-3,8-9,11H2,1H3,(H,23,26). The van der Waals surface area contributed by atoms with Crippen LogP contribution in [0.3, 0.4) is 0 Å². The van der Waals surface area contributed by atoms with E-state index >= 15 is 0 Å². The third-order valence-corrected chi connectivity index (χ3v) is 5.70. The maximum Gasteiger partial charge on any atom is 0.263 e. The summed E-state index contributed by atoms with van der Waals surface area (Å²) in [7, 11) is 0. The van der Waals surface area contributed by atoms with Crippen LogP contribution in [-0.2, 0) is 17.8 Å². The summed E-state index contributed by atoms with van der Waals surface area (Å²) in [6.07, 6.45) is 8.54. The molecule has 0 aliphatic carbocycles. The molecule has 1 saturated heterocycles. The van der Waals surface area contributed by atoms with Crippen molar-refractivity contribution in [3.63, 3.8) is 0 Å². The smallest absolute Gasteiger partial charge is 0.263 e. The van der Waals surface area contributed by atoms with Gasteiger partial charge in [-0.15, -0.1) is 11.3 Å². The third kappa shape index (κ3) is 4.41. The van der Waals surface area contributed by atoms with E-state index in [1.807, 2.05) is 5.38 Å². The first-order valence-corrected chi connectivity index (χ1v) is 10.3. The van der Waals surface area contributed by atoms with Crippen LogP contribution in [0.5, 0.6) is 0 Å². The average Bonchev–Trinajstić information content (AvgIpc) is 3.41. The largest absolute Gasteiger partial charge is 0.376 e. The summed E-state index contributed by atoms with van der Waals surface area (Å²) in [6, 6.07) is 1.79. The summed E-state index contributed by atoms with van der Waals surface area (Å²) in [4.78, 5) is 38.3. The maximum absolute atomic E-state index is 12.8. The van der Waals surface area contributed by atoms with Gasteiger partial charge in [-0.25, -0.2) is 4.98 Å². The number of aromatic nitrogens is 4. The average molecular weight is 411 g/mol. The molecule has 9 heteroatoms. The van der Waals surface area contributed by atoms with Gasteiger partial charge in [0, 0.05) is 30.6 Å². The van der Waals surface area contributed by atoms with Crippen LogP contribution < -0.4 is 10.9 Å². The minimum absolute atomic E-state index is 0.0285. The van der Waals surface area contributed by atoms with Crippen molar-refractivity contribution < 1.29 is 9.53 Å². The summed E-state index contributed by atoms with van der Waals surface area (Å²) in [5.74, 6) is -0.400. The molecule has 1 atom stereocenters. The number of aryl methyl sites for hydroxylation is 1. The summed E-state index contributed by atoms with van der Waals surface area (Å²) in [5.41, 5.74) is 1.91. The van der Waals surface area contributed by atoms with Crippen molar-refractivity contribution in [1.82, 2.24) is 24.8 Å². The Balaban J connectivity index is 1.46. The Bertz CT molecular complexity index is 1060. The molecule has 0 spiro atoms. The first-order chi connectivity index (χ1) is 14.1. The van der Waals surface area contributed by atoms with Crippen LogP contribution in [0.2, 0.25) is 0 Å². The van der Waals surface area contributed by atoms with Crippen molar-refractivity contribution in [2.45, 2.75) is 39.0 Å². The van der Waals surface area contributed by atoms with Gasteiger partial charge < -0.3 is 14.6 Å². The molecule has 0 saturated carbocycles. The van der Waals surface area contributed by atoms with Crippen LogP contribution in [0.25, 0.3) is 10.7 Å². The third-order valence-electron chi connectivity index (χ3n) is 4.79. The molecule has 1 N–H and O–H groups in total. The highest BCUT2D eigenvalue weighted by atomic mass is 32.1. The highest BCUT2D eigenvalue weighted by Gasteiger charge is 2.20. The van der Waals surface area contributed by atoms with Gasteiger partial charge in [0.25, 0.3) is 11.5 Å². The number of thiazole rings is 1. The van der Waals surface area contributed by atoms with E-state index in [0.29, 0.717) is 23.5 Å². The number of hydrogen-bond donors (Lipinski definition) is 1. The number of nitrogens with one attached hydrogen (secondary N) is 1. The molecule has 29 heavy (non-hydrogen) atoms. The highest BCUT2D eigenvalue weighted by Crippen LogP contribution is 2.20. The molecule has 3 aromatic rings. The van der Waals surface area contributed by atoms with Crippen molar-refractivity contribution >= 4 is 17.2 Å². The number of amides is 1. The molecular formula is C20H21N5O3S. The minimum Gasteiger partial charge on any atom is -0.376 e. The number of pyridine rings is 1. The highest BCUT2D eigenvalue weighted by molar-refractivity contribution is 7.13. The lowest BCUT2D eigenvalue weighted by Gasteiger charge is -2.14. The predicted molar refractivity (Wildman–Crippen MR) is 109 cm³/mol. The van der Waals surface area contributed by atoms with Gasteiger partial charge in [0.2, 0.25) is 0 Å². The molecule has 1 unspecified atom stereocenters. The van der Waals surface area contributed by atoms with Gasteiger partial charge in [-0.1, -0.05) is 0 Å². The molecule has 0 radical (unpaired) electrons. The van der Waals surface area contributed by atoms with Gasteiger partial charge in [0.1, 0.15) is 16.3 Å². The number of carbonyl (C=O) groups is 1. The van der Waals surface area contributed by atoms with Crippen molar-refractivity contribution in [2.75, 3.05) is 6.61 Å². The second-order valence-corrected chi connectivity index (χ2v) is 7.74. The summed E-state index contributed by atoms with van der Waals surface area (Å²) in [5, 5.41) is 5.40. The van der Waals surface area contributed by atoms with E-state index in [1.165, 1.54) is 11.3 Å². The second-order valence-electron chi connectivity index (χ2n) is 6.88. The van der Waals surface area contributed by atoms with Crippen LogP contribution in [0.15, 0.2) is 41.0 Å². The van der Waals surface area contributed by atoms with E-state index in [4.69, 9.17) is 4.74 Å². The fraction of sp³-hybridized carbons (Fsp3) is 0.350. The quantitative estimate of drug-likeness (QED) is 0.668. The Labute approximate surface area is 171 Å². The zero-order valence-electron chi connectivity index (χ0n) is 16.0. The number of ether oxygens (including phenoxy) is 1. The topological polar surface area (TPSA) is 99.0 Å². The van der Waals surface area contributed by atoms with Crippen molar-refractivity contribution in [3.8, 4) is 10.7 Å². The van der Waals surface area contributed by atoms with E-state index in [-0.39, 0.29) is 23.8 Å². The molecule has 150 valence electrons. The van der Waals surface area contributed by atoms with E-state index < -0.39 is 5.91 Å². The zero-order valence-corrected chi connectivity index (χ0v) is 16.8. The first-order valence-electron chi connectivity index (χ1n) is 9.42. The Morgan fingerprint density at radius 1 is 1.41 bits per heavy atom. The SMILES string of the molecule is Cc1ccn(CC2CCCO2)c(=O)c1C(=O)NCc1csc(-c2cnccn2)n1. The van der Waals surface area contributed by atoms with Gasteiger partial charge >= 0.3 is 0 Å². The fourth-order valence-corrected chi connectivity index (χ4v) is 4.05. The lowest BCUT2D eigenvalue weighted by atomic mass is 10.1. The van der Waals surface area contributed by atoms with Gasteiger partial charge in [-0.2, -0.15) is 0 Å². The molecule has 3 aromatic heterocycles. The van der Waals surface area contributed by atoms with E-state index in [9.17, 15) is 9.59 Å². The van der Waals surface area contributed by atoms with Crippen LogP contribution in [0.1, 0.15) is 34.5 Å². The van der Waals surface area contributed by atoms with E-state index in [0.717, 1.165) is 24.5 Å². The van der Waals surface area contributed by atoms with E-state index in [2.05, 4.69) is 20.3 Å². The molecule has 4 heterocycles. The first kappa shape index (κ1) is 19.4. The normalized spacial score (nSPS) is 16.1. The van der Waals surface area contributed by atoms with Gasteiger partial charge in [0.05, 0.1) is 31.1 Å². The molecular weight excluding hydrogens is 390 g/mol. The van der Waals surface area contributed by atoms with Crippen LogP contribution in [0.4, 0.5) is 0 Å². The molecule has 0 bridgehead atoms. The van der Waals surface area contributed by atoms with Gasteiger partial charge in [0.15, 0.2) is 0 Å². The molecule has 8 nitrogen and oxygen atoms in total. The van der Waals surface area contributed by atoms with E-state index in [1.54, 1.807) is 42.3 Å². The summed E-state index contributed by atoms with van der Waals surface area (Å²) < 4.78 is 7.17. The number of nitrogens with zero attached hydrogens (tertiary/aromatic N) is 4. The maximum atomic E-state index is 12.8. The van der Waals surface area contributed by atoms with Crippen LogP contribution >= 0.6 is 11.3 Å². The fourth-order valence-electron chi connectivity index (χ4n) is 3.27. The Morgan fingerprint density at radius 2 is 2.31 bits per heavy atom. The lowest BCUT2D eigenvalue weighted by Crippen LogP contribution is -2.35. The van der Waals surface area contributed by atoms with Crippen molar-refractivity contribution in [3.05, 3.63) is 63.4 Å². The Hall–Kier alpha value is -2.91. The summed E-state index contributed by atoms with van der Waals surface area (Å²) in [6.45, 7) is 3.19. The zero-order chi connectivity index (χ0) is 20.2. The van der Waals surface area contributed by atoms with Crippen LogP contribution in [0, 0.1) is 6.92 Å². The Kier molecular flexibility index (Phi) is 5.77. The number of hydrogen-bond acceptors (Lipinski definition) is 7. The second kappa shape index (κ2) is 8.62. The van der Waals surface area contributed by atoms with Gasteiger partial charge in [-0.05, 0) is 31.4 Å². The monoisotopic (exact) mass is 411 g/mol. The van der Waals surface area contributed by atoms with Crippen molar-refractivity contribution in [1.29, 1.82) is 0 Å². The minimum atomic E-state index is -0.400. The molecule has 1 amide bonds. The summed E-state index contributed by atoms with van der Waals surface area (Å²) >= 11 is 1.43. The molecule has 4 rings (SSSR count).